The first-order chi connectivity index (χ1) is 8.26. The number of pyridine rings is 1. The minimum Gasteiger partial charge on any atom is -0.385 e. The fraction of sp³-hybridized carbons (Fsp3) is 0.615. The van der Waals surface area contributed by atoms with Gasteiger partial charge in [0, 0.05) is 38.1 Å². The molecule has 0 aliphatic rings. The number of nitrogens with zero attached hydrogens (tertiary/aromatic N) is 1. The van der Waals surface area contributed by atoms with Gasteiger partial charge in [0.05, 0.1) is 6.61 Å². The van der Waals surface area contributed by atoms with Crippen LogP contribution in [-0.2, 0) is 4.74 Å². The van der Waals surface area contributed by atoms with Gasteiger partial charge in [-0.05, 0) is 18.4 Å². The van der Waals surface area contributed by atoms with E-state index in [0.29, 0.717) is 5.92 Å². The lowest BCUT2D eigenvalue weighted by atomic mass is 10.2. The van der Waals surface area contributed by atoms with Gasteiger partial charge in [-0.1, -0.05) is 13.8 Å². The quantitative estimate of drug-likeness (QED) is 0.729. The van der Waals surface area contributed by atoms with Crippen molar-refractivity contribution < 1.29 is 4.74 Å². The van der Waals surface area contributed by atoms with Crippen LogP contribution in [-0.4, -0.2) is 31.8 Å². The smallest absolute Gasteiger partial charge is 0.127 e. The molecule has 2 N–H and O–H groups in total. The molecule has 1 aromatic rings. The van der Waals surface area contributed by atoms with Crippen LogP contribution in [0.1, 0.15) is 20.3 Å². The van der Waals surface area contributed by atoms with Crippen LogP contribution in [0.3, 0.4) is 0 Å². The van der Waals surface area contributed by atoms with E-state index in [2.05, 4.69) is 29.5 Å². The fourth-order valence-electron chi connectivity index (χ4n) is 1.53. The highest BCUT2D eigenvalue weighted by Crippen LogP contribution is 2.12. The van der Waals surface area contributed by atoms with Gasteiger partial charge in [-0.3, -0.25) is 0 Å². The molecule has 0 aromatic carbocycles. The highest BCUT2D eigenvalue weighted by Gasteiger charge is 2.01. The van der Waals surface area contributed by atoms with E-state index >= 15 is 0 Å². The summed E-state index contributed by atoms with van der Waals surface area (Å²) in [7, 11) is 1.73. The molecule has 0 bridgehead atoms. The zero-order valence-corrected chi connectivity index (χ0v) is 11.0. The molecular weight excluding hydrogens is 214 g/mol. The van der Waals surface area contributed by atoms with Crippen molar-refractivity contribution in [2.45, 2.75) is 20.3 Å². The predicted octanol–water partition coefficient (Wildman–Crippen LogP) is 2.60. The Morgan fingerprint density at radius 2 is 2.24 bits per heavy atom. The summed E-state index contributed by atoms with van der Waals surface area (Å²) in [6.45, 7) is 6.94. The third-order valence-electron chi connectivity index (χ3n) is 2.42. The summed E-state index contributed by atoms with van der Waals surface area (Å²) in [5.74, 6) is 1.43. The topological polar surface area (TPSA) is 46.2 Å². The van der Waals surface area contributed by atoms with Gasteiger partial charge < -0.3 is 15.4 Å². The molecule has 4 heteroatoms. The molecule has 0 radical (unpaired) electrons. The number of anilines is 2. The molecule has 96 valence electrons. The predicted molar refractivity (Wildman–Crippen MR) is 72.5 cm³/mol. The number of ether oxygens (including phenoxy) is 1. The van der Waals surface area contributed by atoms with E-state index in [-0.39, 0.29) is 0 Å². The van der Waals surface area contributed by atoms with Crippen LogP contribution in [0.2, 0.25) is 0 Å². The lowest BCUT2D eigenvalue weighted by molar-refractivity contribution is 0.164. The lowest BCUT2D eigenvalue weighted by Gasteiger charge is -2.13. The molecule has 0 fully saturated rings. The normalized spacial score (nSPS) is 12.2. The van der Waals surface area contributed by atoms with Gasteiger partial charge in [-0.25, -0.2) is 4.98 Å². The molecule has 1 aromatic heterocycles. The first-order valence-corrected chi connectivity index (χ1v) is 6.19. The number of nitrogens with one attached hydrogen (secondary N) is 2. The van der Waals surface area contributed by atoms with E-state index in [1.54, 1.807) is 7.11 Å². The SMILES string of the molecule is CCCNc1cc(NCC(C)COC)ccn1. The maximum absolute atomic E-state index is 5.10. The summed E-state index contributed by atoms with van der Waals surface area (Å²) >= 11 is 0. The van der Waals surface area contributed by atoms with Gasteiger partial charge >= 0.3 is 0 Å². The van der Waals surface area contributed by atoms with Crippen molar-refractivity contribution >= 4 is 11.5 Å². The molecule has 0 saturated carbocycles. The van der Waals surface area contributed by atoms with Gasteiger partial charge in [-0.15, -0.1) is 0 Å². The van der Waals surface area contributed by atoms with Crippen molar-refractivity contribution in [1.82, 2.24) is 4.98 Å². The Balaban J connectivity index is 2.42. The molecule has 0 saturated heterocycles. The van der Waals surface area contributed by atoms with E-state index in [1.807, 2.05) is 18.3 Å². The molecule has 1 heterocycles. The highest BCUT2D eigenvalue weighted by atomic mass is 16.5. The van der Waals surface area contributed by atoms with Gasteiger partial charge in [0.15, 0.2) is 0 Å². The Morgan fingerprint density at radius 1 is 1.41 bits per heavy atom. The zero-order chi connectivity index (χ0) is 12.5. The molecule has 0 aliphatic heterocycles. The molecule has 4 nitrogen and oxygen atoms in total. The van der Waals surface area contributed by atoms with E-state index in [1.165, 1.54) is 0 Å². The Morgan fingerprint density at radius 3 is 2.94 bits per heavy atom. The third-order valence-corrected chi connectivity index (χ3v) is 2.42. The van der Waals surface area contributed by atoms with Crippen LogP contribution >= 0.6 is 0 Å². The number of hydrogen-bond acceptors (Lipinski definition) is 4. The number of hydrogen-bond donors (Lipinski definition) is 2. The molecule has 0 spiro atoms. The van der Waals surface area contributed by atoms with Crippen molar-refractivity contribution in [3.05, 3.63) is 18.3 Å². The van der Waals surface area contributed by atoms with Crippen LogP contribution in [0.15, 0.2) is 18.3 Å². The Kier molecular flexibility index (Phi) is 6.40. The molecule has 0 amide bonds. The summed E-state index contributed by atoms with van der Waals surface area (Å²) in [6, 6.07) is 4.02. The Labute approximate surface area is 104 Å². The number of rotatable bonds is 8. The second-order valence-corrected chi connectivity index (χ2v) is 4.30. The maximum Gasteiger partial charge on any atom is 0.127 e. The van der Waals surface area contributed by atoms with Crippen LogP contribution in [0, 0.1) is 5.92 Å². The van der Waals surface area contributed by atoms with Crippen LogP contribution in [0.25, 0.3) is 0 Å². The maximum atomic E-state index is 5.10. The van der Waals surface area contributed by atoms with E-state index in [9.17, 15) is 0 Å². The third kappa shape index (κ3) is 5.54. The average molecular weight is 237 g/mol. The first-order valence-electron chi connectivity index (χ1n) is 6.19. The minimum atomic E-state index is 0.500. The minimum absolute atomic E-state index is 0.500. The molecular formula is C13H23N3O. The summed E-state index contributed by atoms with van der Waals surface area (Å²) in [5, 5.41) is 6.66. The second kappa shape index (κ2) is 7.90. The molecule has 0 aliphatic carbocycles. The average Bonchev–Trinajstić information content (AvgIpc) is 2.35. The number of aromatic nitrogens is 1. The molecule has 1 rings (SSSR count). The van der Waals surface area contributed by atoms with Crippen molar-refractivity contribution in [2.24, 2.45) is 5.92 Å². The molecule has 1 atom stereocenters. The van der Waals surface area contributed by atoms with Gasteiger partial charge in [0.1, 0.15) is 5.82 Å². The van der Waals surface area contributed by atoms with Crippen molar-refractivity contribution in [3.63, 3.8) is 0 Å². The lowest BCUT2D eigenvalue weighted by Crippen LogP contribution is -2.16. The second-order valence-electron chi connectivity index (χ2n) is 4.30. The van der Waals surface area contributed by atoms with Crippen LogP contribution in [0.5, 0.6) is 0 Å². The first kappa shape index (κ1) is 13.8. The van der Waals surface area contributed by atoms with E-state index in [0.717, 1.165) is 37.6 Å². The van der Waals surface area contributed by atoms with Gasteiger partial charge in [-0.2, -0.15) is 0 Å². The zero-order valence-electron chi connectivity index (χ0n) is 11.0. The summed E-state index contributed by atoms with van der Waals surface area (Å²) < 4.78 is 5.10. The Bertz CT molecular complexity index is 317. The summed E-state index contributed by atoms with van der Waals surface area (Å²) in [5.41, 5.74) is 1.10. The summed E-state index contributed by atoms with van der Waals surface area (Å²) in [6.07, 6.45) is 2.92. The highest BCUT2D eigenvalue weighted by molar-refractivity contribution is 5.51. The van der Waals surface area contributed by atoms with Crippen molar-refractivity contribution in [3.8, 4) is 0 Å². The van der Waals surface area contributed by atoms with Crippen molar-refractivity contribution in [1.29, 1.82) is 0 Å². The fourth-order valence-corrected chi connectivity index (χ4v) is 1.53. The van der Waals surface area contributed by atoms with Crippen molar-refractivity contribution in [2.75, 3.05) is 37.4 Å². The van der Waals surface area contributed by atoms with Crippen LogP contribution in [0.4, 0.5) is 11.5 Å². The van der Waals surface area contributed by atoms with E-state index < -0.39 is 0 Å². The van der Waals surface area contributed by atoms with Gasteiger partial charge in [0.2, 0.25) is 0 Å². The number of methoxy groups -OCH3 is 1. The standard InChI is InChI=1S/C13H23N3O/c1-4-6-14-13-8-12(5-7-15-13)16-9-11(2)10-17-3/h5,7-8,11H,4,6,9-10H2,1-3H3,(H2,14,15,16). The van der Waals surface area contributed by atoms with Gasteiger partial charge in [0.25, 0.3) is 0 Å². The Hall–Kier alpha value is -1.29. The monoisotopic (exact) mass is 237 g/mol. The summed E-state index contributed by atoms with van der Waals surface area (Å²) in [4.78, 5) is 4.26. The van der Waals surface area contributed by atoms with E-state index in [4.69, 9.17) is 4.74 Å². The largest absolute Gasteiger partial charge is 0.385 e. The molecule has 17 heavy (non-hydrogen) atoms. The molecule has 1 unspecified atom stereocenters. The van der Waals surface area contributed by atoms with Crippen LogP contribution < -0.4 is 10.6 Å².